The van der Waals surface area contributed by atoms with Crippen LogP contribution in [0.1, 0.15) is 18.1 Å². The number of hydrogen-bond donors (Lipinski definition) is 3. The highest BCUT2D eigenvalue weighted by atomic mass is 32.2. The maximum atomic E-state index is 7.78. The summed E-state index contributed by atoms with van der Waals surface area (Å²) < 4.78 is 9.43. The minimum Gasteiger partial charge on any atom is -0.494 e. The topological polar surface area (TPSA) is 74.4 Å². The van der Waals surface area contributed by atoms with Crippen molar-refractivity contribution in [3.05, 3.63) is 83.9 Å². The molecule has 3 aromatic rings. The van der Waals surface area contributed by atoms with Gasteiger partial charge in [0.15, 0.2) is 0 Å². The molecule has 0 saturated heterocycles. The summed E-state index contributed by atoms with van der Waals surface area (Å²) in [5, 5.41) is 7.99. The second-order valence-electron chi connectivity index (χ2n) is 7.64. The monoisotopic (exact) mass is 464 g/mol. The molecule has 7 heteroatoms. The summed E-state index contributed by atoms with van der Waals surface area (Å²) >= 11 is 3.52. The van der Waals surface area contributed by atoms with Crippen molar-refractivity contribution in [1.82, 2.24) is 4.72 Å². The van der Waals surface area contributed by atoms with Crippen LogP contribution in [-0.2, 0) is 6.42 Å². The van der Waals surface area contributed by atoms with Crippen LogP contribution < -0.4 is 20.1 Å². The SMILES string of the molecule is CCOc1ccc2c(c1)SC(C(Cc1cccc(C(=N)N)c1)NSc1ccccc1)N2C. The number of anilines is 1. The molecule has 0 radical (unpaired) electrons. The molecule has 2 unspecified atom stereocenters. The zero-order valence-electron chi connectivity index (χ0n) is 18.2. The van der Waals surface area contributed by atoms with Gasteiger partial charge in [-0.1, -0.05) is 48.2 Å². The van der Waals surface area contributed by atoms with E-state index in [-0.39, 0.29) is 17.3 Å². The number of likely N-dealkylation sites (N-methyl/N-ethyl adjacent to an activating group) is 1. The Morgan fingerprint density at radius 1 is 1.16 bits per heavy atom. The first-order valence-corrected chi connectivity index (χ1v) is 12.3. The highest BCUT2D eigenvalue weighted by Gasteiger charge is 2.34. The van der Waals surface area contributed by atoms with E-state index in [9.17, 15) is 0 Å². The van der Waals surface area contributed by atoms with Crippen LogP contribution in [0.25, 0.3) is 0 Å². The van der Waals surface area contributed by atoms with E-state index in [1.807, 2.05) is 49.0 Å². The van der Waals surface area contributed by atoms with Crippen LogP contribution in [0, 0.1) is 5.41 Å². The Bertz CT molecular complexity index is 1080. The fourth-order valence-corrected chi connectivity index (χ4v) is 6.04. The van der Waals surface area contributed by atoms with E-state index in [0.29, 0.717) is 6.61 Å². The van der Waals surface area contributed by atoms with Crippen LogP contribution in [0.3, 0.4) is 0 Å². The van der Waals surface area contributed by atoms with Gasteiger partial charge in [0, 0.05) is 22.4 Å². The van der Waals surface area contributed by atoms with E-state index in [4.69, 9.17) is 15.9 Å². The Labute approximate surface area is 198 Å². The molecular formula is C25H28N4OS2. The lowest BCUT2D eigenvalue weighted by atomic mass is 10.0. The molecule has 0 amide bonds. The zero-order valence-corrected chi connectivity index (χ0v) is 19.9. The van der Waals surface area contributed by atoms with E-state index in [1.165, 1.54) is 15.5 Å². The molecule has 2 atom stereocenters. The number of ether oxygens (including phenoxy) is 1. The van der Waals surface area contributed by atoms with Crippen LogP contribution in [0.4, 0.5) is 5.69 Å². The van der Waals surface area contributed by atoms with Crippen LogP contribution >= 0.6 is 23.7 Å². The number of thioether (sulfide) groups is 1. The van der Waals surface area contributed by atoms with Gasteiger partial charge in [-0.25, -0.2) is 0 Å². The van der Waals surface area contributed by atoms with Gasteiger partial charge in [0.05, 0.1) is 23.7 Å². The molecule has 0 bridgehead atoms. The molecule has 0 aliphatic carbocycles. The van der Waals surface area contributed by atoms with Gasteiger partial charge >= 0.3 is 0 Å². The largest absolute Gasteiger partial charge is 0.494 e. The molecule has 0 spiro atoms. The average Bonchev–Trinajstić information content (AvgIpc) is 3.13. The van der Waals surface area contributed by atoms with Gasteiger partial charge in [-0.05, 0) is 67.3 Å². The number of nitrogens with two attached hydrogens (primary N) is 1. The molecular weight excluding hydrogens is 436 g/mol. The predicted molar refractivity (Wildman–Crippen MR) is 136 cm³/mol. The van der Waals surface area contributed by atoms with Gasteiger partial charge < -0.3 is 15.4 Å². The van der Waals surface area contributed by atoms with E-state index < -0.39 is 0 Å². The minimum atomic E-state index is 0.0956. The van der Waals surface area contributed by atoms with Crippen molar-refractivity contribution in [3.8, 4) is 5.75 Å². The van der Waals surface area contributed by atoms with Crippen molar-refractivity contribution in [1.29, 1.82) is 5.41 Å². The summed E-state index contributed by atoms with van der Waals surface area (Å²) in [6.07, 6.45) is 0.815. The highest BCUT2D eigenvalue weighted by molar-refractivity contribution is 8.00. The first-order valence-electron chi connectivity index (χ1n) is 10.6. The molecule has 4 rings (SSSR count). The summed E-state index contributed by atoms with van der Waals surface area (Å²) in [6, 6.07) is 24.8. The number of benzene rings is 3. The summed E-state index contributed by atoms with van der Waals surface area (Å²) in [7, 11) is 2.15. The lowest BCUT2D eigenvalue weighted by Gasteiger charge is -2.30. The molecule has 32 heavy (non-hydrogen) atoms. The molecule has 4 N–H and O–H groups in total. The van der Waals surface area contributed by atoms with Crippen LogP contribution in [0.15, 0.2) is 82.6 Å². The van der Waals surface area contributed by atoms with Gasteiger partial charge in [-0.15, -0.1) is 0 Å². The molecule has 1 aliphatic rings. The fourth-order valence-electron chi connectivity index (χ4n) is 3.79. The molecule has 5 nitrogen and oxygen atoms in total. The second kappa shape index (κ2) is 10.3. The van der Waals surface area contributed by atoms with Crippen LogP contribution in [0.5, 0.6) is 5.75 Å². The van der Waals surface area contributed by atoms with Gasteiger partial charge in [-0.2, -0.15) is 0 Å². The maximum absolute atomic E-state index is 7.78. The van der Waals surface area contributed by atoms with Gasteiger partial charge in [0.25, 0.3) is 0 Å². The van der Waals surface area contributed by atoms with Crippen molar-refractivity contribution in [2.45, 2.75) is 34.6 Å². The molecule has 1 aliphatic heterocycles. The number of nitrogens with one attached hydrogen (secondary N) is 2. The lowest BCUT2D eigenvalue weighted by molar-refractivity contribution is 0.339. The number of fused-ring (bicyclic) bond motifs is 1. The Hall–Kier alpha value is -2.61. The van der Waals surface area contributed by atoms with Crippen molar-refractivity contribution in [2.75, 3.05) is 18.6 Å². The smallest absolute Gasteiger partial charge is 0.122 e. The van der Waals surface area contributed by atoms with E-state index in [1.54, 1.807) is 11.9 Å². The van der Waals surface area contributed by atoms with Gasteiger partial charge in [0.2, 0.25) is 0 Å². The Balaban J connectivity index is 1.58. The van der Waals surface area contributed by atoms with E-state index >= 15 is 0 Å². The molecule has 166 valence electrons. The number of rotatable bonds is 9. The quantitative estimate of drug-likeness (QED) is 0.231. The number of nitrogens with zero attached hydrogens (tertiary/aromatic N) is 1. The number of hydrogen-bond acceptors (Lipinski definition) is 6. The van der Waals surface area contributed by atoms with E-state index in [2.05, 4.69) is 59.1 Å². The molecule has 3 aromatic carbocycles. The van der Waals surface area contributed by atoms with E-state index in [0.717, 1.165) is 23.3 Å². The molecule has 0 saturated carbocycles. The van der Waals surface area contributed by atoms with Crippen molar-refractivity contribution >= 4 is 35.2 Å². The number of nitrogen functional groups attached to an aromatic ring is 1. The highest BCUT2D eigenvalue weighted by Crippen LogP contribution is 2.46. The third kappa shape index (κ3) is 5.23. The minimum absolute atomic E-state index is 0.0956. The first kappa shape index (κ1) is 22.6. The molecule has 0 aromatic heterocycles. The molecule has 1 heterocycles. The Morgan fingerprint density at radius 3 is 2.72 bits per heavy atom. The first-order chi connectivity index (χ1) is 15.5. The maximum Gasteiger partial charge on any atom is 0.122 e. The standard InChI is InChI=1S/C25H28N4OS2/c1-3-30-19-12-13-22-23(16-19)31-25(29(22)2)21(28-32-20-10-5-4-6-11-20)15-17-8-7-9-18(14-17)24(26)27/h4-14,16,21,25,28H,3,15H2,1-2H3,(H3,26,27). The second-order valence-corrected chi connectivity index (χ2v) is 9.71. The van der Waals surface area contributed by atoms with Crippen molar-refractivity contribution in [3.63, 3.8) is 0 Å². The van der Waals surface area contributed by atoms with Crippen molar-refractivity contribution in [2.24, 2.45) is 5.73 Å². The third-order valence-electron chi connectivity index (χ3n) is 5.36. The molecule has 0 fully saturated rings. The summed E-state index contributed by atoms with van der Waals surface area (Å²) in [4.78, 5) is 4.75. The lowest BCUT2D eigenvalue weighted by Crippen LogP contribution is -2.44. The summed E-state index contributed by atoms with van der Waals surface area (Å²) in [5.74, 6) is 1.00. The average molecular weight is 465 g/mol. The normalized spacial score (nSPS) is 15.9. The predicted octanol–water partition coefficient (Wildman–Crippen LogP) is 5.15. The third-order valence-corrected chi connectivity index (χ3v) is 7.76. The Kier molecular flexibility index (Phi) is 7.29. The van der Waals surface area contributed by atoms with Crippen molar-refractivity contribution < 1.29 is 4.74 Å². The number of amidine groups is 1. The fraction of sp³-hybridized carbons (Fsp3) is 0.240. The van der Waals surface area contributed by atoms with Gasteiger partial charge in [-0.3, -0.25) is 10.1 Å². The Morgan fingerprint density at radius 2 is 1.97 bits per heavy atom. The summed E-state index contributed by atoms with van der Waals surface area (Å²) in [6.45, 7) is 2.67. The zero-order chi connectivity index (χ0) is 22.5. The van der Waals surface area contributed by atoms with Crippen LogP contribution in [-0.4, -0.2) is 30.9 Å². The van der Waals surface area contributed by atoms with Gasteiger partial charge in [0.1, 0.15) is 11.6 Å². The summed E-state index contributed by atoms with van der Waals surface area (Å²) in [5.41, 5.74) is 8.86. The van der Waals surface area contributed by atoms with Crippen LogP contribution in [0.2, 0.25) is 0 Å².